The smallest absolute Gasteiger partial charge is 0.407 e. The Bertz CT molecular complexity index is 838. The zero-order valence-electron chi connectivity index (χ0n) is 19.5. The first-order valence-corrected chi connectivity index (χ1v) is 11.3. The van der Waals surface area contributed by atoms with Gasteiger partial charge in [0.1, 0.15) is 12.2 Å². The van der Waals surface area contributed by atoms with Crippen molar-refractivity contribution < 1.29 is 19.1 Å². The van der Waals surface area contributed by atoms with Crippen LogP contribution in [0.5, 0.6) is 0 Å². The van der Waals surface area contributed by atoms with Gasteiger partial charge in [-0.15, -0.1) is 0 Å². The lowest BCUT2D eigenvalue weighted by atomic mass is 9.87. The molecule has 1 aromatic carbocycles. The Labute approximate surface area is 186 Å². The normalized spacial score (nSPS) is 18.1. The zero-order chi connectivity index (χ0) is 22.6. The number of carbonyl (C=O) groups is 2. The number of benzene rings is 1. The average molecular weight is 429 g/mol. The molecule has 0 radical (unpaired) electrons. The molecule has 31 heavy (non-hydrogen) atoms. The molecule has 1 heterocycles. The molecule has 0 fully saturated rings. The minimum Gasteiger partial charge on any atom is -0.444 e. The molecule has 0 saturated heterocycles. The van der Waals surface area contributed by atoms with E-state index in [0.29, 0.717) is 12.5 Å². The van der Waals surface area contributed by atoms with E-state index in [1.54, 1.807) is 0 Å². The van der Waals surface area contributed by atoms with Crippen LogP contribution in [0.2, 0.25) is 0 Å². The van der Waals surface area contributed by atoms with Gasteiger partial charge in [0.15, 0.2) is 0 Å². The summed E-state index contributed by atoms with van der Waals surface area (Å²) >= 11 is 0. The highest BCUT2D eigenvalue weighted by Gasteiger charge is 2.36. The highest BCUT2D eigenvalue weighted by Crippen LogP contribution is 2.42. The Morgan fingerprint density at radius 1 is 1.23 bits per heavy atom. The SMILES string of the molecule is CC(C)CC1C2=C(CCN1C(=O)COCCNC(=O)OC(C)(C)C)c1ccccc1C2. The van der Waals surface area contributed by atoms with Gasteiger partial charge in [-0.25, -0.2) is 4.79 Å². The molecule has 0 spiro atoms. The first-order chi connectivity index (χ1) is 14.7. The second kappa shape index (κ2) is 9.86. The molecular weight excluding hydrogens is 392 g/mol. The van der Waals surface area contributed by atoms with E-state index in [4.69, 9.17) is 9.47 Å². The van der Waals surface area contributed by atoms with E-state index in [-0.39, 0.29) is 25.2 Å². The third kappa shape index (κ3) is 6.10. The predicted molar refractivity (Wildman–Crippen MR) is 122 cm³/mol. The van der Waals surface area contributed by atoms with E-state index in [1.165, 1.54) is 22.3 Å². The third-order valence-corrected chi connectivity index (χ3v) is 5.65. The minimum atomic E-state index is -0.534. The molecule has 1 aliphatic carbocycles. The number of rotatable bonds is 7. The molecular formula is C25H36N2O4. The van der Waals surface area contributed by atoms with Gasteiger partial charge in [-0.1, -0.05) is 38.1 Å². The van der Waals surface area contributed by atoms with E-state index in [2.05, 4.69) is 43.4 Å². The summed E-state index contributed by atoms with van der Waals surface area (Å²) in [7, 11) is 0. The van der Waals surface area contributed by atoms with Gasteiger partial charge < -0.3 is 19.7 Å². The monoisotopic (exact) mass is 428 g/mol. The largest absolute Gasteiger partial charge is 0.444 e. The highest BCUT2D eigenvalue weighted by atomic mass is 16.6. The lowest BCUT2D eigenvalue weighted by Gasteiger charge is -2.38. The molecule has 1 atom stereocenters. The van der Waals surface area contributed by atoms with Gasteiger partial charge in [0.25, 0.3) is 0 Å². The maximum atomic E-state index is 13.0. The standard InChI is InChI=1S/C25H36N2O4/c1-17(2)14-22-21-15-18-8-6-7-9-19(18)20(21)10-12-27(22)23(28)16-30-13-11-26-24(29)31-25(3,4)5/h6-9,17,22H,10-16H2,1-5H3,(H,26,29). The number of nitrogens with zero attached hydrogens (tertiary/aromatic N) is 1. The molecule has 1 aliphatic heterocycles. The lowest BCUT2D eigenvalue weighted by Crippen LogP contribution is -2.47. The zero-order valence-corrected chi connectivity index (χ0v) is 19.5. The van der Waals surface area contributed by atoms with Gasteiger partial charge in [0.2, 0.25) is 5.91 Å². The lowest BCUT2D eigenvalue weighted by molar-refractivity contribution is -0.138. The molecule has 1 unspecified atom stereocenters. The van der Waals surface area contributed by atoms with Crippen molar-refractivity contribution in [3.63, 3.8) is 0 Å². The van der Waals surface area contributed by atoms with Crippen LogP contribution < -0.4 is 5.32 Å². The molecule has 170 valence electrons. The fraction of sp³-hybridized carbons (Fsp3) is 0.600. The first-order valence-electron chi connectivity index (χ1n) is 11.3. The quantitative estimate of drug-likeness (QED) is 0.662. The Morgan fingerprint density at radius 2 is 1.97 bits per heavy atom. The van der Waals surface area contributed by atoms with Crippen LogP contribution >= 0.6 is 0 Å². The number of hydrogen-bond donors (Lipinski definition) is 1. The molecule has 1 aromatic rings. The van der Waals surface area contributed by atoms with Crippen molar-refractivity contribution in [1.29, 1.82) is 0 Å². The average Bonchev–Trinajstić information content (AvgIpc) is 3.05. The van der Waals surface area contributed by atoms with E-state index < -0.39 is 11.7 Å². The van der Waals surface area contributed by atoms with Gasteiger partial charge in [-0.2, -0.15) is 0 Å². The van der Waals surface area contributed by atoms with Crippen LogP contribution in [0.15, 0.2) is 29.8 Å². The Kier molecular flexibility index (Phi) is 7.42. The molecule has 2 amide bonds. The highest BCUT2D eigenvalue weighted by molar-refractivity contribution is 5.83. The molecule has 0 saturated carbocycles. The maximum Gasteiger partial charge on any atom is 0.407 e. The van der Waals surface area contributed by atoms with Gasteiger partial charge in [0, 0.05) is 13.1 Å². The minimum absolute atomic E-state index is 0.0189. The molecule has 0 aromatic heterocycles. The third-order valence-electron chi connectivity index (χ3n) is 5.65. The number of nitrogens with one attached hydrogen (secondary N) is 1. The van der Waals surface area contributed by atoms with Crippen LogP contribution in [0.25, 0.3) is 5.57 Å². The van der Waals surface area contributed by atoms with Crippen LogP contribution in [0.4, 0.5) is 4.79 Å². The number of carbonyl (C=O) groups excluding carboxylic acids is 2. The number of amides is 2. The predicted octanol–water partition coefficient (Wildman–Crippen LogP) is 4.18. The van der Waals surface area contributed by atoms with Crippen LogP contribution in [0.1, 0.15) is 58.6 Å². The fourth-order valence-corrected chi connectivity index (χ4v) is 4.44. The topological polar surface area (TPSA) is 67.9 Å². The summed E-state index contributed by atoms with van der Waals surface area (Å²) in [6.07, 6.45) is 2.31. The number of alkyl carbamates (subject to hydrolysis) is 1. The number of fused-ring (bicyclic) bond motifs is 2. The molecule has 2 aliphatic rings. The summed E-state index contributed by atoms with van der Waals surface area (Å²) < 4.78 is 10.8. The van der Waals surface area contributed by atoms with Crippen molar-refractivity contribution in [3.8, 4) is 0 Å². The van der Waals surface area contributed by atoms with Gasteiger partial charge in [-0.3, -0.25) is 4.79 Å². The molecule has 3 rings (SSSR count). The van der Waals surface area contributed by atoms with Crippen LogP contribution in [-0.2, 0) is 20.7 Å². The molecule has 1 N–H and O–H groups in total. The molecule has 6 heteroatoms. The van der Waals surface area contributed by atoms with E-state index in [9.17, 15) is 9.59 Å². The van der Waals surface area contributed by atoms with Crippen molar-refractivity contribution in [2.24, 2.45) is 5.92 Å². The van der Waals surface area contributed by atoms with Crippen molar-refractivity contribution in [3.05, 3.63) is 41.0 Å². The Balaban J connectivity index is 1.54. The van der Waals surface area contributed by atoms with Crippen molar-refractivity contribution in [2.45, 2.75) is 65.5 Å². The fourth-order valence-electron chi connectivity index (χ4n) is 4.44. The first kappa shape index (κ1) is 23.3. The van der Waals surface area contributed by atoms with Crippen LogP contribution in [0.3, 0.4) is 0 Å². The second-order valence-electron chi connectivity index (χ2n) is 9.80. The van der Waals surface area contributed by atoms with E-state index >= 15 is 0 Å². The van der Waals surface area contributed by atoms with Gasteiger partial charge in [0.05, 0.1) is 12.6 Å². The van der Waals surface area contributed by atoms with Gasteiger partial charge >= 0.3 is 6.09 Å². The summed E-state index contributed by atoms with van der Waals surface area (Å²) in [6, 6.07) is 8.74. The van der Waals surface area contributed by atoms with Crippen molar-refractivity contribution in [2.75, 3.05) is 26.3 Å². The summed E-state index contributed by atoms with van der Waals surface area (Å²) in [5.41, 5.74) is 5.05. The summed E-state index contributed by atoms with van der Waals surface area (Å²) in [4.78, 5) is 26.7. The van der Waals surface area contributed by atoms with E-state index in [1.807, 2.05) is 25.7 Å². The van der Waals surface area contributed by atoms with Crippen LogP contribution in [0, 0.1) is 5.92 Å². The van der Waals surface area contributed by atoms with Gasteiger partial charge in [-0.05, 0) is 68.2 Å². The summed E-state index contributed by atoms with van der Waals surface area (Å²) in [5.74, 6) is 0.514. The molecule has 6 nitrogen and oxygen atoms in total. The number of ether oxygens (including phenoxy) is 2. The van der Waals surface area contributed by atoms with Crippen molar-refractivity contribution in [1.82, 2.24) is 10.2 Å². The Hall–Kier alpha value is -2.34. The van der Waals surface area contributed by atoms with E-state index in [0.717, 1.165) is 25.8 Å². The summed E-state index contributed by atoms with van der Waals surface area (Å²) in [5, 5.41) is 2.65. The molecule has 0 bridgehead atoms. The number of hydrogen-bond acceptors (Lipinski definition) is 4. The van der Waals surface area contributed by atoms with Crippen molar-refractivity contribution >= 4 is 17.6 Å². The van der Waals surface area contributed by atoms with Crippen LogP contribution in [-0.4, -0.2) is 54.8 Å². The summed E-state index contributed by atoms with van der Waals surface area (Å²) in [6.45, 7) is 11.2. The Morgan fingerprint density at radius 3 is 2.68 bits per heavy atom. The maximum absolute atomic E-state index is 13.0. The second-order valence-corrected chi connectivity index (χ2v) is 9.80.